The fourth-order valence-electron chi connectivity index (χ4n) is 4.54. The fourth-order valence-corrected chi connectivity index (χ4v) is 4.54. The highest BCUT2D eigenvalue weighted by atomic mass is 19.4. The van der Waals surface area contributed by atoms with E-state index in [9.17, 15) is 44.3 Å². The van der Waals surface area contributed by atoms with Gasteiger partial charge in [0.05, 0.1) is 36.0 Å². The number of ether oxygens (including phenoxy) is 2. The highest BCUT2D eigenvalue weighted by molar-refractivity contribution is 5.71. The average Bonchev–Trinajstić information content (AvgIpc) is 3.44. The van der Waals surface area contributed by atoms with E-state index < -0.39 is 66.4 Å². The van der Waals surface area contributed by atoms with E-state index in [2.05, 4.69) is 25.4 Å². The first-order valence-electron chi connectivity index (χ1n) is 14.0. The van der Waals surface area contributed by atoms with Gasteiger partial charge in [-0.2, -0.15) is 49.3 Å². The number of rotatable bonds is 11. The van der Waals surface area contributed by atoms with Crippen molar-refractivity contribution in [2.24, 2.45) is 7.05 Å². The maximum Gasteiger partial charge on any atom is 0.416 e. The van der Waals surface area contributed by atoms with Crippen LogP contribution in [0.1, 0.15) is 47.2 Å². The summed E-state index contributed by atoms with van der Waals surface area (Å²) in [6, 6.07) is 3.32. The number of nitrogens with zero attached hydrogens (tertiary/aromatic N) is 7. The van der Waals surface area contributed by atoms with Crippen LogP contribution >= 0.6 is 0 Å². The van der Waals surface area contributed by atoms with Gasteiger partial charge in [-0.25, -0.2) is 9.78 Å². The van der Waals surface area contributed by atoms with Crippen molar-refractivity contribution >= 4 is 11.9 Å². The lowest BCUT2D eigenvalue weighted by atomic mass is 9.97. The third-order valence-corrected chi connectivity index (χ3v) is 6.70. The molecule has 2 aromatic heterocycles. The zero-order chi connectivity index (χ0) is 35.4. The molecular weight excluding hydrogens is 665 g/mol. The van der Waals surface area contributed by atoms with E-state index >= 15 is 0 Å². The summed E-state index contributed by atoms with van der Waals surface area (Å²) < 4.78 is 134. The zero-order valence-corrected chi connectivity index (χ0v) is 25.3. The second-order valence-electron chi connectivity index (χ2n) is 10.2. The molecule has 0 aliphatic carbocycles. The predicted octanol–water partition coefficient (Wildman–Crippen LogP) is 6.43. The SMILES string of the molecule is CCOC(=O)COc1ncc(CC)c(-c2ccc(C(F)(F)F)cc2CN(Cc2cc(C(F)(F)F)cc(C(F)(F)F)c2)c2nnn(C)n2)n1. The topological polar surface area (TPSA) is 108 Å². The third kappa shape index (κ3) is 8.88. The molecule has 258 valence electrons. The van der Waals surface area contributed by atoms with Crippen LogP contribution in [0.25, 0.3) is 11.3 Å². The fraction of sp³-hybridized carbons (Fsp3) is 0.379. The van der Waals surface area contributed by atoms with E-state index in [-0.39, 0.29) is 47.9 Å². The Morgan fingerprint density at radius 1 is 0.854 bits per heavy atom. The van der Waals surface area contributed by atoms with E-state index in [0.29, 0.717) is 17.7 Å². The minimum Gasteiger partial charge on any atom is -0.463 e. The van der Waals surface area contributed by atoms with Crippen LogP contribution in [0.15, 0.2) is 42.6 Å². The lowest BCUT2D eigenvalue weighted by molar-refractivity contribution is -0.146. The van der Waals surface area contributed by atoms with Gasteiger partial charge in [0.15, 0.2) is 6.61 Å². The molecule has 0 amide bonds. The van der Waals surface area contributed by atoms with Gasteiger partial charge in [0.1, 0.15) is 0 Å². The summed E-state index contributed by atoms with van der Waals surface area (Å²) in [4.78, 5) is 22.1. The standard InChI is InChI=1S/C29H26F9N7O3/c1-4-17-12-39-26(48-15-23(46)47-5-2)40-24(17)22-7-6-19(27(30,31)32)10-18(22)14-45(25-41-43-44(3)42-25)13-16-8-20(28(33,34)35)11-21(9-16)29(36,37)38/h6-12H,4-5,13-15H2,1-3H3. The monoisotopic (exact) mass is 691 g/mol. The smallest absolute Gasteiger partial charge is 0.416 e. The second kappa shape index (κ2) is 14.0. The summed E-state index contributed by atoms with van der Waals surface area (Å²) in [7, 11) is 1.34. The number of anilines is 1. The number of benzene rings is 2. The van der Waals surface area contributed by atoms with Crippen LogP contribution in [0.3, 0.4) is 0 Å². The number of alkyl halides is 9. The predicted molar refractivity (Wildman–Crippen MR) is 149 cm³/mol. The van der Waals surface area contributed by atoms with Gasteiger partial charge in [-0.1, -0.05) is 18.1 Å². The average molecular weight is 692 g/mol. The lowest BCUT2D eigenvalue weighted by Gasteiger charge is -2.24. The number of halogens is 9. The van der Waals surface area contributed by atoms with Gasteiger partial charge < -0.3 is 14.4 Å². The third-order valence-electron chi connectivity index (χ3n) is 6.70. The molecule has 48 heavy (non-hydrogen) atoms. The maximum absolute atomic E-state index is 13.9. The van der Waals surface area contributed by atoms with Gasteiger partial charge in [-0.3, -0.25) is 0 Å². The van der Waals surface area contributed by atoms with Crippen LogP contribution in [-0.2, 0) is 54.6 Å². The van der Waals surface area contributed by atoms with E-state index in [1.807, 2.05) is 0 Å². The summed E-state index contributed by atoms with van der Waals surface area (Å²) >= 11 is 0. The van der Waals surface area contributed by atoms with Gasteiger partial charge in [-0.15, -0.1) is 5.10 Å². The van der Waals surface area contributed by atoms with Crippen molar-refractivity contribution in [2.75, 3.05) is 18.1 Å². The summed E-state index contributed by atoms with van der Waals surface area (Å²) in [5.41, 5.74) is -4.22. The van der Waals surface area contributed by atoms with Crippen molar-refractivity contribution in [3.63, 3.8) is 0 Å². The minimum atomic E-state index is -5.14. The molecule has 0 spiro atoms. The molecule has 0 radical (unpaired) electrons. The molecule has 0 fully saturated rings. The quantitative estimate of drug-likeness (QED) is 0.130. The van der Waals surface area contributed by atoms with Gasteiger partial charge in [0.2, 0.25) is 0 Å². The molecule has 0 saturated heterocycles. The Morgan fingerprint density at radius 3 is 2.04 bits per heavy atom. The van der Waals surface area contributed by atoms with Crippen molar-refractivity contribution in [3.05, 3.63) is 76.0 Å². The Kier molecular flexibility index (Phi) is 10.5. The molecular formula is C29H26F9N7O3. The normalized spacial score (nSPS) is 12.2. The maximum atomic E-state index is 13.9. The molecule has 2 aromatic carbocycles. The van der Waals surface area contributed by atoms with Crippen LogP contribution in [0.5, 0.6) is 6.01 Å². The number of hydrogen-bond acceptors (Lipinski definition) is 9. The molecule has 10 nitrogen and oxygen atoms in total. The van der Waals surface area contributed by atoms with E-state index in [1.54, 1.807) is 13.8 Å². The summed E-state index contributed by atoms with van der Waals surface area (Å²) in [6.07, 6.45) is -13.5. The Labute approximate surface area is 266 Å². The van der Waals surface area contributed by atoms with Crippen molar-refractivity contribution < 1.29 is 53.8 Å². The first kappa shape index (κ1) is 35.9. The Hall–Kier alpha value is -4.97. The Balaban J connectivity index is 1.85. The Bertz CT molecular complexity index is 1720. The van der Waals surface area contributed by atoms with Crippen molar-refractivity contribution in [1.82, 2.24) is 30.2 Å². The zero-order valence-electron chi connectivity index (χ0n) is 25.3. The molecule has 0 bridgehead atoms. The van der Waals surface area contributed by atoms with Crippen LogP contribution in [0.2, 0.25) is 0 Å². The first-order valence-corrected chi connectivity index (χ1v) is 14.0. The molecule has 0 N–H and O–H groups in total. The van der Waals surface area contributed by atoms with Crippen LogP contribution in [0, 0.1) is 0 Å². The summed E-state index contributed by atoms with van der Waals surface area (Å²) in [6.45, 7) is 1.54. The van der Waals surface area contributed by atoms with E-state index in [1.165, 1.54) is 13.2 Å². The molecule has 4 rings (SSSR count). The molecule has 0 atom stereocenters. The Morgan fingerprint density at radius 2 is 1.50 bits per heavy atom. The molecule has 0 unspecified atom stereocenters. The number of aromatic nitrogens is 6. The van der Waals surface area contributed by atoms with Crippen molar-refractivity contribution in [1.29, 1.82) is 0 Å². The highest BCUT2D eigenvalue weighted by Gasteiger charge is 2.37. The van der Waals surface area contributed by atoms with Crippen LogP contribution < -0.4 is 9.64 Å². The number of aryl methyl sites for hydroxylation is 2. The van der Waals surface area contributed by atoms with Crippen molar-refractivity contribution in [2.45, 2.75) is 51.9 Å². The molecule has 4 aromatic rings. The van der Waals surface area contributed by atoms with E-state index in [0.717, 1.165) is 27.9 Å². The molecule has 0 aliphatic rings. The second-order valence-corrected chi connectivity index (χ2v) is 10.2. The first-order chi connectivity index (χ1) is 22.4. The van der Waals surface area contributed by atoms with E-state index in [4.69, 9.17) is 9.47 Å². The molecule has 0 saturated carbocycles. The van der Waals surface area contributed by atoms with Crippen LogP contribution in [0.4, 0.5) is 45.5 Å². The number of hydrogen-bond donors (Lipinski definition) is 0. The van der Waals surface area contributed by atoms with Crippen molar-refractivity contribution in [3.8, 4) is 17.3 Å². The molecule has 19 heteroatoms. The molecule has 0 aliphatic heterocycles. The van der Waals surface area contributed by atoms with Gasteiger partial charge in [-0.05, 0) is 65.6 Å². The minimum absolute atomic E-state index is 0.0394. The summed E-state index contributed by atoms with van der Waals surface area (Å²) in [5, 5.41) is 11.4. The number of esters is 1. The van der Waals surface area contributed by atoms with Gasteiger partial charge in [0, 0.05) is 24.8 Å². The van der Waals surface area contributed by atoms with Gasteiger partial charge in [0.25, 0.3) is 5.95 Å². The van der Waals surface area contributed by atoms with Gasteiger partial charge >= 0.3 is 30.5 Å². The summed E-state index contributed by atoms with van der Waals surface area (Å²) in [5.74, 6) is -1.03. The number of carbonyl (C=O) groups is 1. The number of carbonyl (C=O) groups excluding carboxylic acids is 1. The van der Waals surface area contributed by atoms with Crippen LogP contribution in [-0.4, -0.2) is 49.4 Å². The largest absolute Gasteiger partial charge is 0.463 e. The lowest BCUT2D eigenvalue weighted by Crippen LogP contribution is -2.25. The molecule has 2 heterocycles. The highest BCUT2D eigenvalue weighted by Crippen LogP contribution is 2.38. The number of tetrazole rings is 1.